The number of benzene rings is 2. The molecule has 0 aliphatic heterocycles. The average Bonchev–Trinajstić information content (AvgIpc) is 2.77. The first-order valence-electron chi connectivity index (χ1n) is 11.5. The van der Waals surface area contributed by atoms with Crippen LogP contribution in [-0.4, -0.2) is 53.4 Å². The van der Waals surface area contributed by atoms with Crippen LogP contribution in [-0.2, 0) is 17.8 Å². The number of aliphatic hydroxyl groups excluding tert-OH is 1. The fraction of sp³-hybridized carbons (Fsp3) is 0.462. The van der Waals surface area contributed by atoms with Crippen LogP contribution in [0.5, 0.6) is 0 Å². The Balaban J connectivity index is 2.09. The second-order valence-electron chi connectivity index (χ2n) is 8.97. The van der Waals surface area contributed by atoms with Gasteiger partial charge in [0.25, 0.3) is 0 Å². The van der Waals surface area contributed by atoms with Crippen LogP contribution in [0.2, 0.25) is 0 Å². The molecule has 3 N–H and O–H groups in total. The van der Waals surface area contributed by atoms with Gasteiger partial charge in [-0.2, -0.15) is 0 Å². The smallest absolute Gasteiger partial charge is 0.407 e. The van der Waals surface area contributed by atoms with E-state index < -0.39 is 18.2 Å². The number of rotatable bonds is 11. The van der Waals surface area contributed by atoms with Gasteiger partial charge in [0.1, 0.15) is 6.61 Å². The molecule has 0 bridgehead atoms. The van der Waals surface area contributed by atoms with Crippen molar-refractivity contribution in [1.29, 1.82) is 0 Å². The molecule has 2 aromatic carbocycles. The highest BCUT2D eigenvalue weighted by Gasteiger charge is 2.27. The molecule has 0 aliphatic rings. The Morgan fingerprint density at radius 2 is 1.45 bits per heavy atom. The van der Waals surface area contributed by atoms with Gasteiger partial charge in [0.2, 0.25) is 0 Å². The van der Waals surface area contributed by atoms with Gasteiger partial charge in [0.05, 0.1) is 18.7 Å². The maximum Gasteiger partial charge on any atom is 0.407 e. The Labute approximate surface area is 197 Å². The fourth-order valence-electron chi connectivity index (χ4n) is 3.44. The van der Waals surface area contributed by atoms with Crippen LogP contribution < -0.4 is 10.6 Å². The topological polar surface area (TPSA) is 90.9 Å². The van der Waals surface area contributed by atoms with E-state index in [9.17, 15) is 14.7 Å². The second-order valence-corrected chi connectivity index (χ2v) is 8.97. The zero-order chi connectivity index (χ0) is 24.2. The molecule has 7 nitrogen and oxygen atoms in total. The molecule has 0 aliphatic carbocycles. The lowest BCUT2D eigenvalue weighted by Gasteiger charge is -2.31. The molecule has 0 saturated heterocycles. The van der Waals surface area contributed by atoms with Gasteiger partial charge in [-0.15, -0.1) is 0 Å². The summed E-state index contributed by atoms with van der Waals surface area (Å²) in [6.07, 6.45) is -1.18. The number of carbonyl (C=O) groups excluding carboxylic acids is 2. The molecule has 180 valence electrons. The van der Waals surface area contributed by atoms with Crippen LogP contribution in [0.15, 0.2) is 60.7 Å². The lowest BCUT2D eigenvalue weighted by Crippen LogP contribution is -2.53. The van der Waals surface area contributed by atoms with Crippen molar-refractivity contribution in [1.82, 2.24) is 15.5 Å². The number of aliphatic hydroxyl groups is 1. The number of ether oxygens (including phenoxy) is 1. The minimum absolute atomic E-state index is 0.0180. The third-order valence-electron chi connectivity index (χ3n) is 4.97. The van der Waals surface area contributed by atoms with Crippen LogP contribution in [0, 0.1) is 5.92 Å². The predicted molar refractivity (Wildman–Crippen MR) is 130 cm³/mol. The average molecular weight is 456 g/mol. The van der Waals surface area contributed by atoms with Crippen molar-refractivity contribution >= 4 is 12.1 Å². The van der Waals surface area contributed by atoms with E-state index in [1.54, 1.807) is 4.90 Å². The number of hydrogen-bond donors (Lipinski definition) is 3. The van der Waals surface area contributed by atoms with Gasteiger partial charge in [0.15, 0.2) is 0 Å². The van der Waals surface area contributed by atoms with E-state index in [4.69, 9.17) is 4.74 Å². The second kappa shape index (κ2) is 13.5. The molecule has 33 heavy (non-hydrogen) atoms. The molecule has 2 rings (SSSR count). The minimum atomic E-state index is -0.980. The highest BCUT2D eigenvalue weighted by molar-refractivity contribution is 5.74. The Kier molecular flexibility index (Phi) is 10.7. The largest absolute Gasteiger partial charge is 0.445 e. The van der Waals surface area contributed by atoms with E-state index >= 15 is 0 Å². The molecule has 0 spiro atoms. The van der Waals surface area contributed by atoms with Gasteiger partial charge in [-0.05, 0) is 37.3 Å². The van der Waals surface area contributed by atoms with Gasteiger partial charge in [0, 0.05) is 12.6 Å². The van der Waals surface area contributed by atoms with E-state index in [2.05, 4.69) is 10.6 Å². The third-order valence-corrected chi connectivity index (χ3v) is 4.97. The number of carbonyl (C=O) groups is 2. The Morgan fingerprint density at radius 3 is 2.00 bits per heavy atom. The summed E-state index contributed by atoms with van der Waals surface area (Å²) in [5, 5.41) is 16.8. The molecule has 2 atom stereocenters. The van der Waals surface area contributed by atoms with Gasteiger partial charge in [-0.1, -0.05) is 74.5 Å². The van der Waals surface area contributed by atoms with Crippen LogP contribution in [0.1, 0.15) is 38.8 Å². The molecule has 3 amide bonds. The molecule has 0 radical (unpaired) electrons. The minimum Gasteiger partial charge on any atom is -0.445 e. The molecule has 7 heteroatoms. The van der Waals surface area contributed by atoms with Crippen molar-refractivity contribution in [2.45, 2.75) is 58.9 Å². The molecular weight excluding hydrogens is 418 g/mol. The van der Waals surface area contributed by atoms with Crippen molar-refractivity contribution in [2.24, 2.45) is 5.92 Å². The normalized spacial score (nSPS) is 12.8. The summed E-state index contributed by atoms with van der Waals surface area (Å²) in [5.41, 5.74) is 1.84. The van der Waals surface area contributed by atoms with Crippen molar-refractivity contribution in [2.75, 3.05) is 13.1 Å². The van der Waals surface area contributed by atoms with E-state index in [0.29, 0.717) is 13.0 Å². The predicted octanol–water partition coefficient (Wildman–Crippen LogP) is 3.96. The van der Waals surface area contributed by atoms with Crippen LogP contribution in [0.3, 0.4) is 0 Å². The van der Waals surface area contributed by atoms with E-state index in [-0.39, 0.29) is 31.1 Å². The number of hydrogen-bond acceptors (Lipinski definition) is 4. The van der Waals surface area contributed by atoms with Crippen molar-refractivity contribution in [3.05, 3.63) is 71.8 Å². The zero-order valence-corrected chi connectivity index (χ0v) is 20.0. The molecule has 0 heterocycles. The van der Waals surface area contributed by atoms with Crippen LogP contribution in [0.25, 0.3) is 0 Å². The first-order chi connectivity index (χ1) is 15.7. The van der Waals surface area contributed by atoms with Gasteiger partial charge in [-0.3, -0.25) is 0 Å². The lowest BCUT2D eigenvalue weighted by atomic mass is 10.0. The monoisotopic (exact) mass is 455 g/mol. The Bertz CT molecular complexity index is 843. The summed E-state index contributed by atoms with van der Waals surface area (Å²) in [4.78, 5) is 26.8. The standard InChI is InChI=1S/C26H37N3O4/c1-19(2)16-29(25(31)27-20(3)4)17-24(30)23(15-21-11-7-5-8-12-21)28-26(32)33-18-22-13-9-6-10-14-22/h5-14,19-20,23-24,30H,15-18H2,1-4H3,(H,27,31)(H,28,32)/t23-,24+/m0/s1. The van der Waals surface area contributed by atoms with Gasteiger partial charge >= 0.3 is 12.1 Å². The SMILES string of the molecule is CC(C)CN(C[C@@H](O)[C@H](Cc1ccccc1)NC(=O)OCc1ccccc1)C(=O)NC(C)C. The highest BCUT2D eigenvalue weighted by Crippen LogP contribution is 2.11. The number of nitrogens with zero attached hydrogens (tertiary/aromatic N) is 1. The van der Waals surface area contributed by atoms with Gasteiger partial charge < -0.3 is 25.4 Å². The summed E-state index contributed by atoms with van der Waals surface area (Å²) < 4.78 is 5.36. The first-order valence-corrected chi connectivity index (χ1v) is 11.5. The van der Waals surface area contributed by atoms with Crippen molar-refractivity contribution in [3.8, 4) is 0 Å². The number of nitrogens with one attached hydrogen (secondary N) is 2. The molecule has 0 unspecified atom stereocenters. The number of urea groups is 1. The van der Waals surface area contributed by atoms with Crippen molar-refractivity contribution in [3.63, 3.8) is 0 Å². The van der Waals surface area contributed by atoms with Gasteiger partial charge in [-0.25, -0.2) is 9.59 Å². The lowest BCUT2D eigenvalue weighted by molar-refractivity contribution is 0.0757. The summed E-state index contributed by atoms with van der Waals surface area (Å²) in [6, 6.07) is 18.1. The molecular formula is C26H37N3O4. The van der Waals surface area contributed by atoms with Crippen molar-refractivity contribution < 1.29 is 19.4 Å². The maximum atomic E-state index is 12.7. The fourth-order valence-corrected chi connectivity index (χ4v) is 3.44. The quantitative estimate of drug-likeness (QED) is 0.478. The molecule has 2 aromatic rings. The Morgan fingerprint density at radius 1 is 0.879 bits per heavy atom. The first kappa shape index (κ1) is 26.2. The summed E-state index contributed by atoms with van der Waals surface area (Å²) in [7, 11) is 0. The summed E-state index contributed by atoms with van der Waals surface area (Å²) in [6.45, 7) is 8.54. The number of alkyl carbamates (subject to hydrolysis) is 1. The van der Waals surface area contributed by atoms with E-state index in [1.165, 1.54) is 0 Å². The number of amides is 3. The summed E-state index contributed by atoms with van der Waals surface area (Å²) >= 11 is 0. The molecule has 0 saturated carbocycles. The Hall–Kier alpha value is -3.06. The summed E-state index contributed by atoms with van der Waals surface area (Å²) in [5.74, 6) is 0.228. The van der Waals surface area contributed by atoms with E-state index in [0.717, 1.165) is 11.1 Å². The molecule has 0 aromatic heterocycles. The zero-order valence-electron chi connectivity index (χ0n) is 20.0. The van der Waals surface area contributed by atoms with E-state index in [1.807, 2.05) is 88.4 Å². The maximum absolute atomic E-state index is 12.7. The van der Waals surface area contributed by atoms with Crippen LogP contribution in [0.4, 0.5) is 9.59 Å². The van der Waals surface area contributed by atoms with Crippen LogP contribution >= 0.6 is 0 Å². The molecule has 0 fully saturated rings. The third kappa shape index (κ3) is 9.95. The highest BCUT2D eigenvalue weighted by atomic mass is 16.5.